The smallest absolute Gasteiger partial charge is 0.306 e. The van der Waals surface area contributed by atoms with Gasteiger partial charge in [-0.2, -0.15) is 0 Å². The Labute approximate surface area is 492 Å². The molecule has 0 spiro atoms. The summed E-state index contributed by atoms with van der Waals surface area (Å²) >= 11 is 0. The Hall–Kier alpha value is -5.23. The fraction of sp³-hybridized carbons (Fsp3) is 0.581. The number of ether oxygens (including phenoxy) is 3. The second-order valence-electron chi connectivity index (χ2n) is 20.5. The van der Waals surface area contributed by atoms with E-state index in [1.165, 1.54) is 32.1 Å². The van der Waals surface area contributed by atoms with E-state index >= 15 is 0 Å². The SMILES string of the molecule is CC/C=C\C/C=C\C/C=C\C/C=C\C/C=C\C/C=C\CCCCCCCCC(=O)OCC(COC(=O)CCCCCCC/C=C\C/C=C\CCCC)OC(=O)CCCCCC/C=C\C/C=C\C/C=C\C/C=C\C/C=C\C/C=C\CC. The third-order valence-electron chi connectivity index (χ3n) is 12.9. The highest BCUT2D eigenvalue weighted by molar-refractivity contribution is 5.71. The lowest BCUT2D eigenvalue weighted by atomic mass is 10.1. The van der Waals surface area contributed by atoms with Gasteiger partial charge in [0.25, 0.3) is 0 Å². The zero-order valence-electron chi connectivity index (χ0n) is 51.3. The van der Waals surface area contributed by atoms with E-state index in [0.717, 1.165) is 186 Å². The van der Waals surface area contributed by atoms with Crippen LogP contribution in [-0.2, 0) is 28.6 Å². The molecule has 0 aromatic rings. The van der Waals surface area contributed by atoms with Crippen molar-refractivity contribution >= 4 is 17.9 Å². The fourth-order valence-corrected chi connectivity index (χ4v) is 8.17. The number of hydrogen-bond acceptors (Lipinski definition) is 6. The summed E-state index contributed by atoms with van der Waals surface area (Å²) in [6, 6.07) is 0. The van der Waals surface area contributed by atoms with Crippen LogP contribution < -0.4 is 0 Å². The first-order valence-corrected chi connectivity index (χ1v) is 32.1. The van der Waals surface area contributed by atoms with E-state index in [2.05, 4.69) is 191 Å². The molecule has 448 valence electrons. The van der Waals surface area contributed by atoms with E-state index in [1.54, 1.807) is 0 Å². The summed E-state index contributed by atoms with van der Waals surface area (Å²) in [7, 11) is 0. The molecule has 0 saturated carbocycles. The van der Waals surface area contributed by atoms with Crippen LogP contribution in [0.25, 0.3) is 0 Å². The van der Waals surface area contributed by atoms with Gasteiger partial charge in [-0.15, -0.1) is 0 Å². The number of rotatable bonds is 56. The van der Waals surface area contributed by atoms with Crippen LogP contribution in [0.4, 0.5) is 0 Å². The molecule has 0 aliphatic heterocycles. The van der Waals surface area contributed by atoms with Gasteiger partial charge in [0.15, 0.2) is 6.10 Å². The van der Waals surface area contributed by atoms with Crippen molar-refractivity contribution in [1.82, 2.24) is 0 Å². The highest BCUT2D eigenvalue weighted by atomic mass is 16.6. The normalized spacial score (nSPS) is 13.3. The molecule has 6 heteroatoms. The van der Waals surface area contributed by atoms with Crippen molar-refractivity contribution in [2.75, 3.05) is 13.2 Å². The first-order chi connectivity index (χ1) is 39.5. The van der Waals surface area contributed by atoms with Crippen LogP contribution in [0.15, 0.2) is 170 Å². The van der Waals surface area contributed by atoms with E-state index in [-0.39, 0.29) is 37.5 Å². The number of carbonyl (C=O) groups excluding carboxylic acids is 3. The first kappa shape index (κ1) is 74.8. The second kappa shape index (κ2) is 66.3. The van der Waals surface area contributed by atoms with Gasteiger partial charge in [-0.05, 0) is 148 Å². The zero-order valence-corrected chi connectivity index (χ0v) is 51.3. The fourth-order valence-electron chi connectivity index (χ4n) is 8.17. The minimum absolute atomic E-state index is 0.109. The Morgan fingerprint density at radius 2 is 0.487 bits per heavy atom. The van der Waals surface area contributed by atoms with Crippen molar-refractivity contribution < 1.29 is 28.6 Å². The highest BCUT2D eigenvalue weighted by Crippen LogP contribution is 2.13. The third-order valence-corrected chi connectivity index (χ3v) is 12.9. The van der Waals surface area contributed by atoms with Gasteiger partial charge in [-0.3, -0.25) is 14.4 Å². The molecule has 0 radical (unpaired) electrons. The summed E-state index contributed by atoms with van der Waals surface area (Å²) in [5.74, 6) is -0.966. The number of unbranched alkanes of at least 4 members (excludes halogenated alkanes) is 17. The van der Waals surface area contributed by atoms with Gasteiger partial charge in [0.1, 0.15) is 13.2 Å². The van der Waals surface area contributed by atoms with E-state index < -0.39 is 6.10 Å². The van der Waals surface area contributed by atoms with Crippen molar-refractivity contribution in [2.24, 2.45) is 0 Å². The largest absolute Gasteiger partial charge is 0.462 e. The number of allylic oxidation sites excluding steroid dienone is 28. The number of esters is 3. The van der Waals surface area contributed by atoms with Gasteiger partial charge in [0, 0.05) is 19.3 Å². The van der Waals surface area contributed by atoms with Gasteiger partial charge >= 0.3 is 17.9 Å². The molecular formula is C74H116O6. The molecule has 0 saturated heterocycles. The van der Waals surface area contributed by atoms with Crippen molar-refractivity contribution in [1.29, 1.82) is 0 Å². The van der Waals surface area contributed by atoms with Gasteiger partial charge in [0.05, 0.1) is 0 Å². The van der Waals surface area contributed by atoms with Crippen LogP contribution in [0, 0.1) is 0 Å². The molecule has 6 nitrogen and oxygen atoms in total. The maximum Gasteiger partial charge on any atom is 0.306 e. The predicted octanol–water partition coefficient (Wildman–Crippen LogP) is 22.3. The molecule has 0 fully saturated rings. The summed E-state index contributed by atoms with van der Waals surface area (Å²) < 4.78 is 16.9. The summed E-state index contributed by atoms with van der Waals surface area (Å²) in [4.78, 5) is 38.3. The minimum Gasteiger partial charge on any atom is -0.462 e. The molecule has 0 aromatic carbocycles. The predicted molar refractivity (Wildman–Crippen MR) is 348 cm³/mol. The van der Waals surface area contributed by atoms with Crippen molar-refractivity contribution in [3.8, 4) is 0 Å². The highest BCUT2D eigenvalue weighted by Gasteiger charge is 2.19. The molecule has 80 heavy (non-hydrogen) atoms. The molecule has 0 amide bonds. The van der Waals surface area contributed by atoms with Crippen molar-refractivity contribution in [3.05, 3.63) is 170 Å². The monoisotopic (exact) mass is 1100 g/mol. The number of carbonyl (C=O) groups is 3. The van der Waals surface area contributed by atoms with E-state index in [4.69, 9.17) is 14.2 Å². The molecule has 1 atom stereocenters. The molecule has 0 aliphatic carbocycles. The Morgan fingerprint density at radius 3 is 0.762 bits per heavy atom. The maximum absolute atomic E-state index is 12.9. The lowest BCUT2D eigenvalue weighted by molar-refractivity contribution is -0.167. The third kappa shape index (κ3) is 63.6. The Bertz CT molecular complexity index is 1840. The minimum atomic E-state index is -0.815. The standard InChI is InChI=1S/C74H116O6/c1-4-7-10-13-16-19-22-25-28-30-32-34-36-37-39-40-42-44-46-49-52-55-58-61-64-67-73(76)79-70-71(69-78-72(75)66-63-60-57-54-51-48-27-24-21-18-15-12-9-6-3)80-74(77)68-65-62-59-56-53-50-47-45-43-41-38-35-33-31-29-26-23-20-17-14-11-8-5-2/h7-8,10-11,15-20,24-29,32-35,37,39,41-44,47,50,71H,4-6,9,12-14,21-23,30-31,36,38,40,45-46,48-49,51-70H2,1-3H3/b10-7-,11-8-,18-15-,19-16-,20-17-,27-24-,28-25-,29-26-,34-32-,35-33-,39-37-,43-41-,44-42-,50-47-. The summed E-state index contributed by atoms with van der Waals surface area (Å²) in [6.07, 6.45) is 97.7. The summed E-state index contributed by atoms with van der Waals surface area (Å²) in [5.41, 5.74) is 0. The molecule has 0 heterocycles. The Morgan fingerprint density at radius 1 is 0.263 bits per heavy atom. The molecule has 0 rings (SSSR count). The van der Waals surface area contributed by atoms with Crippen LogP contribution >= 0.6 is 0 Å². The summed E-state index contributed by atoms with van der Waals surface area (Å²) in [6.45, 7) is 6.32. The van der Waals surface area contributed by atoms with Crippen molar-refractivity contribution in [3.63, 3.8) is 0 Å². The molecule has 1 unspecified atom stereocenters. The molecule has 0 aliphatic rings. The van der Waals surface area contributed by atoms with Gasteiger partial charge in [-0.1, -0.05) is 262 Å². The van der Waals surface area contributed by atoms with Crippen molar-refractivity contribution in [2.45, 2.75) is 264 Å². The molecular weight excluding hydrogens is 985 g/mol. The zero-order chi connectivity index (χ0) is 57.8. The van der Waals surface area contributed by atoms with Crippen LogP contribution in [0.3, 0.4) is 0 Å². The average molecular weight is 1100 g/mol. The number of hydrogen-bond donors (Lipinski definition) is 0. The lowest BCUT2D eigenvalue weighted by Gasteiger charge is -2.18. The van der Waals surface area contributed by atoms with Crippen LogP contribution in [0.2, 0.25) is 0 Å². The summed E-state index contributed by atoms with van der Waals surface area (Å²) in [5, 5.41) is 0. The Kier molecular flexibility index (Phi) is 61.9. The van der Waals surface area contributed by atoms with E-state index in [1.807, 2.05) is 0 Å². The quantitative estimate of drug-likeness (QED) is 0.0261. The molecule has 0 bridgehead atoms. The van der Waals surface area contributed by atoms with E-state index in [0.29, 0.717) is 12.8 Å². The molecule has 0 N–H and O–H groups in total. The Balaban J connectivity index is 4.49. The van der Waals surface area contributed by atoms with E-state index in [9.17, 15) is 14.4 Å². The van der Waals surface area contributed by atoms with Crippen LogP contribution in [0.5, 0.6) is 0 Å². The van der Waals surface area contributed by atoms with Gasteiger partial charge in [-0.25, -0.2) is 0 Å². The second-order valence-corrected chi connectivity index (χ2v) is 20.5. The van der Waals surface area contributed by atoms with Gasteiger partial charge in [0.2, 0.25) is 0 Å². The van der Waals surface area contributed by atoms with Gasteiger partial charge < -0.3 is 14.2 Å². The lowest BCUT2D eigenvalue weighted by Crippen LogP contribution is -2.30. The topological polar surface area (TPSA) is 78.9 Å². The maximum atomic E-state index is 12.9. The average Bonchev–Trinajstić information content (AvgIpc) is 3.46. The van der Waals surface area contributed by atoms with Crippen LogP contribution in [0.1, 0.15) is 258 Å². The molecule has 0 aromatic heterocycles. The first-order valence-electron chi connectivity index (χ1n) is 32.1. The van der Waals surface area contributed by atoms with Crippen LogP contribution in [-0.4, -0.2) is 37.2 Å².